The van der Waals surface area contributed by atoms with Crippen LogP contribution < -0.4 is 5.32 Å². The van der Waals surface area contributed by atoms with Gasteiger partial charge in [0.05, 0.1) is 11.6 Å². The molecule has 0 radical (unpaired) electrons. The zero-order chi connectivity index (χ0) is 13.3. The molecular weight excluding hydrogens is 290 g/mol. The van der Waals surface area contributed by atoms with E-state index < -0.39 is 5.60 Å². The molecule has 2 aromatic carbocycles. The van der Waals surface area contributed by atoms with E-state index >= 15 is 0 Å². The highest BCUT2D eigenvalue weighted by Gasteiger charge is 2.22. The minimum Gasteiger partial charge on any atom is -0.388 e. The van der Waals surface area contributed by atoms with E-state index in [4.69, 9.17) is 0 Å². The number of hydrogen-bond donors (Lipinski definition) is 2. The van der Waals surface area contributed by atoms with Gasteiger partial charge in [-0.2, -0.15) is 0 Å². The third-order valence-corrected chi connectivity index (χ3v) is 3.99. The van der Waals surface area contributed by atoms with Crippen molar-refractivity contribution < 1.29 is 5.11 Å². The number of rotatable bonds is 3. The summed E-state index contributed by atoms with van der Waals surface area (Å²) in [6.45, 7) is 5.61. The summed E-state index contributed by atoms with van der Waals surface area (Å²) in [5, 5.41) is 15.7. The predicted molar refractivity (Wildman–Crippen MR) is 81.0 cm³/mol. The Hall–Kier alpha value is -1.06. The molecule has 0 aliphatic carbocycles. The van der Waals surface area contributed by atoms with Crippen molar-refractivity contribution in [3.63, 3.8) is 0 Å². The van der Waals surface area contributed by atoms with Crippen LogP contribution in [0.1, 0.15) is 20.8 Å². The highest BCUT2D eigenvalue weighted by Crippen LogP contribution is 2.31. The van der Waals surface area contributed by atoms with Gasteiger partial charge in [-0.15, -0.1) is 0 Å². The Balaban J connectivity index is 2.44. The number of benzene rings is 2. The fourth-order valence-electron chi connectivity index (χ4n) is 1.80. The van der Waals surface area contributed by atoms with Crippen molar-refractivity contribution in [3.8, 4) is 0 Å². The minimum absolute atomic E-state index is 0.0259. The van der Waals surface area contributed by atoms with E-state index in [1.54, 1.807) is 0 Å². The number of hydrogen-bond acceptors (Lipinski definition) is 2. The summed E-state index contributed by atoms with van der Waals surface area (Å²) in [5.74, 6) is 0. The Bertz CT molecular complexity index is 560. The normalized spacial score (nSPS) is 13.6. The van der Waals surface area contributed by atoms with E-state index in [-0.39, 0.29) is 6.04 Å². The summed E-state index contributed by atoms with van der Waals surface area (Å²) in [6, 6.07) is 12.3. The molecule has 0 aliphatic heterocycles. The molecule has 2 nitrogen and oxygen atoms in total. The summed E-state index contributed by atoms with van der Waals surface area (Å²) in [4.78, 5) is 0. The molecular formula is C15H18BrNO. The average Bonchev–Trinajstić information content (AvgIpc) is 2.32. The van der Waals surface area contributed by atoms with Crippen molar-refractivity contribution in [2.45, 2.75) is 32.4 Å². The van der Waals surface area contributed by atoms with Gasteiger partial charge >= 0.3 is 0 Å². The van der Waals surface area contributed by atoms with Crippen LogP contribution in [-0.4, -0.2) is 16.7 Å². The lowest BCUT2D eigenvalue weighted by atomic mass is 10.00. The van der Waals surface area contributed by atoms with Crippen LogP contribution in [0.4, 0.5) is 5.69 Å². The van der Waals surface area contributed by atoms with Gasteiger partial charge in [0, 0.05) is 15.5 Å². The highest BCUT2D eigenvalue weighted by molar-refractivity contribution is 9.10. The Kier molecular flexibility index (Phi) is 3.64. The predicted octanol–water partition coefficient (Wildman–Crippen LogP) is 4.17. The van der Waals surface area contributed by atoms with Crippen molar-refractivity contribution in [2.24, 2.45) is 0 Å². The lowest BCUT2D eigenvalue weighted by Crippen LogP contribution is -2.39. The first-order chi connectivity index (χ1) is 8.39. The molecule has 0 spiro atoms. The molecule has 1 unspecified atom stereocenters. The summed E-state index contributed by atoms with van der Waals surface area (Å²) in [7, 11) is 0. The van der Waals surface area contributed by atoms with E-state index in [1.165, 1.54) is 5.39 Å². The summed E-state index contributed by atoms with van der Waals surface area (Å²) in [5.41, 5.74) is 0.289. The minimum atomic E-state index is -0.756. The van der Waals surface area contributed by atoms with Crippen LogP contribution in [0, 0.1) is 0 Å². The largest absolute Gasteiger partial charge is 0.388 e. The molecule has 0 fully saturated rings. The fraction of sp³-hybridized carbons (Fsp3) is 0.333. The SMILES string of the molecule is CC(Nc1ccc(Br)c2ccccc12)C(C)(C)O. The van der Waals surface area contributed by atoms with Gasteiger partial charge in [-0.1, -0.05) is 40.2 Å². The maximum Gasteiger partial charge on any atom is 0.0789 e. The Morgan fingerprint density at radius 2 is 1.72 bits per heavy atom. The Labute approximate surface area is 116 Å². The molecule has 0 aliphatic rings. The summed E-state index contributed by atoms with van der Waals surface area (Å²) < 4.78 is 1.08. The molecule has 2 N–H and O–H groups in total. The standard InChI is InChI=1S/C15H18BrNO/c1-10(15(2,3)18)17-14-9-8-13(16)11-6-4-5-7-12(11)14/h4-10,17-18H,1-3H3. The first kappa shape index (κ1) is 13.4. The molecule has 2 rings (SSSR count). The van der Waals surface area contributed by atoms with E-state index in [2.05, 4.69) is 33.4 Å². The highest BCUT2D eigenvalue weighted by atomic mass is 79.9. The summed E-state index contributed by atoms with van der Waals surface area (Å²) in [6.07, 6.45) is 0. The fourth-order valence-corrected chi connectivity index (χ4v) is 2.28. The number of fused-ring (bicyclic) bond motifs is 1. The molecule has 18 heavy (non-hydrogen) atoms. The zero-order valence-electron chi connectivity index (χ0n) is 10.9. The van der Waals surface area contributed by atoms with Crippen molar-refractivity contribution in [1.29, 1.82) is 0 Å². The van der Waals surface area contributed by atoms with Gasteiger partial charge in [0.25, 0.3) is 0 Å². The van der Waals surface area contributed by atoms with Gasteiger partial charge in [-0.3, -0.25) is 0 Å². The van der Waals surface area contributed by atoms with E-state index in [9.17, 15) is 5.11 Å². The second kappa shape index (κ2) is 4.90. The van der Waals surface area contributed by atoms with Crippen molar-refractivity contribution in [1.82, 2.24) is 0 Å². The van der Waals surface area contributed by atoms with Crippen molar-refractivity contribution in [2.75, 3.05) is 5.32 Å². The number of halogens is 1. The van der Waals surface area contributed by atoms with Crippen LogP contribution in [0.3, 0.4) is 0 Å². The number of aliphatic hydroxyl groups is 1. The Morgan fingerprint density at radius 1 is 1.11 bits per heavy atom. The first-order valence-electron chi connectivity index (χ1n) is 6.06. The van der Waals surface area contributed by atoms with Crippen molar-refractivity contribution in [3.05, 3.63) is 40.9 Å². The van der Waals surface area contributed by atoms with Crippen LogP contribution >= 0.6 is 15.9 Å². The summed E-state index contributed by atoms with van der Waals surface area (Å²) >= 11 is 3.56. The maximum atomic E-state index is 10.0. The molecule has 0 amide bonds. The van der Waals surface area contributed by atoms with Gasteiger partial charge < -0.3 is 10.4 Å². The van der Waals surface area contributed by atoms with Gasteiger partial charge in [-0.25, -0.2) is 0 Å². The van der Waals surface area contributed by atoms with Crippen molar-refractivity contribution >= 4 is 32.4 Å². The molecule has 0 saturated heterocycles. The number of nitrogens with one attached hydrogen (secondary N) is 1. The molecule has 0 heterocycles. The topological polar surface area (TPSA) is 32.3 Å². The molecule has 0 saturated carbocycles. The molecule has 0 aromatic heterocycles. The van der Waals surface area contributed by atoms with Gasteiger partial charge in [-0.05, 0) is 38.3 Å². The quantitative estimate of drug-likeness (QED) is 0.892. The Morgan fingerprint density at radius 3 is 2.33 bits per heavy atom. The van der Waals surface area contributed by atoms with E-state index in [0.717, 1.165) is 15.5 Å². The van der Waals surface area contributed by atoms with E-state index in [0.29, 0.717) is 0 Å². The third kappa shape index (κ3) is 2.68. The molecule has 0 bridgehead atoms. The van der Waals surface area contributed by atoms with Gasteiger partial charge in [0.15, 0.2) is 0 Å². The lowest BCUT2D eigenvalue weighted by Gasteiger charge is -2.28. The average molecular weight is 308 g/mol. The van der Waals surface area contributed by atoms with Crippen LogP contribution in [0.2, 0.25) is 0 Å². The molecule has 2 aromatic rings. The second-order valence-corrected chi connectivity index (χ2v) is 6.01. The maximum absolute atomic E-state index is 10.0. The van der Waals surface area contributed by atoms with Crippen LogP contribution in [0.15, 0.2) is 40.9 Å². The zero-order valence-corrected chi connectivity index (χ0v) is 12.5. The third-order valence-electron chi connectivity index (χ3n) is 3.30. The molecule has 96 valence electrons. The van der Waals surface area contributed by atoms with Crippen LogP contribution in [0.5, 0.6) is 0 Å². The van der Waals surface area contributed by atoms with Crippen LogP contribution in [0.25, 0.3) is 10.8 Å². The first-order valence-corrected chi connectivity index (χ1v) is 6.85. The second-order valence-electron chi connectivity index (χ2n) is 5.16. The molecule has 3 heteroatoms. The van der Waals surface area contributed by atoms with E-state index in [1.807, 2.05) is 45.0 Å². The molecule has 1 atom stereocenters. The monoisotopic (exact) mass is 307 g/mol. The van der Waals surface area contributed by atoms with Gasteiger partial charge in [0.1, 0.15) is 0 Å². The smallest absolute Gasteiger partial charge is 0.0789 e. The van der Waals surface area contributed by atoms with Crippen LogP contribution in [-0.2, 0) is 0 Å². The number of anilines is 1. The lowest BCUT2D eigenvalue weighted by molar-refractivity contribution is 0.0649. The van der Waals surface area contributed by atoms with Gasteiger partial charge in [0.2, 0.25) is 0 Å².